The van der Waals surface area contributed by atoms with Crippen molar-refractivity contribution < 1.29 is 14.7 Å². The number of likely N-dealkylation sites (tertiary alicyclic amines) is 1. The topological polar surface area (TPSA) is 95.7 Å². The number of nitrogens with two attached hydrogens (primary N) is 1. The van der Waals surface area contributed by atoms with Crippen LogP contribution in [0.1, 0.15) is 26.2 Å². The van der Waals surface area contributed by atoms with Crippen molar-refractivity contribution in [1.82, 2.24) is 10.2 Å². The number of β-lactam (4-membered cyclic amide) rings is 1. The van der Waals surface area contributed by atoms with E-state index in [1.807, 2.05) is 0 Å². The lowest BCUT2D eigenvalue weighted by Crippen LogP contribution is -2.78. The van der Waals surface area contributed by atoms with Gasteiger partial charge in [0.05, 0.1) is 6.10 Å². The Kier molecular flexibility index (Phi) is 3.09. The fourth-order valence-corrected chi connectivity index (χ4v) is 2.78. The average Bonchev–Trinajstić information content (AvgIpc) is 2.28. The summed E-state index contributed by atoms with van der Waals surface area (Å²) in [6, 6.07) is -0.906. The number of aliphatic hydroxyl groups is 1. The Balaban J connectivity index is 2.07. The van der Waals surface area contributed by atoms with Gasteiger partial charge >= 0.3 is 0 Å². The van der Waals surface area contributed by atoms with E-state index in [4.69, 9.17) is 5.73 Å². The van der Waals surface area contributed by atoms with E-state index in [1.165, 1.54) is 11.8 Å². The molecule has 6 nitrogen and oxygen atoms in total. The number of aliphatic hydroxyl groups excluding tert-OH is 1. The third kappa shape index (κ3) is 1.91. The average molecular weight is 241 g/mol. The maximum atomic E-state index is 12.1. The third-order valence-electron chi connectivity index (χ3n) is 3.69. The first-order valence-corrected chi connectivity index (χ1v) is 6.01. The second kappa shape index (κ2) is 4.27. The summed E-state index contributed by atoms with van der Waals surface area (Å²) in [5, 5.41) is 12.7. The van der Waals surface area contributed by atoms with Gasteiger partial charge in [0, 0.05) is 6.54 Å². The van der Waals surface area contributed by atoms with E-state index >= 15 is 0 Å². The molecule has 0 saturated carbocycles. The predicted octanol–water partition coefficient (Wildman–Crippen LogP) is -1.42. The Labute approximate surface area is 100 Å². The highest BCUT2D eigenvalue weighted by Gasteiger charge is 2.55. The van der Waals surface area contributed by atoms with Gasteiger partial charge in [0.2, 0.25) is 11.8 Å². The van der Waals surface area contributed by atoms with Crippen molar-refractivity contribution in [2.45, 2.75) is 43.9 Å². The predicted molar refractivity (Wildman–Crippen MR) is 61.0 cm³/mol. The van der Waals surface area contributed by atoms with Crippen LogP contribution in [0.5, 0.6) is 0 Å². The summed E-state index contributed by atoms with van der Waals surface area (Å²) in [6.45, 7) is 2.77. The SMILES string of the molecule is C[C@@H](O)[C@@H](C(N)=O)N1CC2(CCCCN2)C1=O. The van der Waals surface area contributed by atoms with E-state index < -0.39 is 23.6 Å². The van der Waals surface area contributed by atoms with E-state index in [2.05, 4.69) is 5.32 Å². The molecular weight excluding hydrogens is 222 g/mol. The molecule has 3 atom stereocenters. The third-order valence-corrected chi connectivity index (χ3v) is 3.69. The second-order valence-electron chi connectivity index (χ2n) is 4.99. The number of nitrogens with zero attached hydrogens (tertiary/aromatic N) is 1. The van der Waals surface area contributed by atoms with Crippen molar-refractivity contribution in [2.24, 2.45) is 5.73 Å². The van der Waals surface area contributed by atoms with E-state index in [0.717, 1.165) is 25.8 Å². The highest BCUT2D eigenvalue weighted by atomic mass is 16.3. The maximum absolute atomic E-state index is 12.1. The fraction of sp³-hybridized carbons (Fsp3) is 0.818. The van der Waals surface area contributed by atoms with Crippen LogP contribution in [0.25, 0.3) is 0 Å². The number of hydrogen-bond acceptors (Lipinski definition) is 4. The summed E-state index contributed by atoms with van der Waals surface area (Å²) in [5.74, 6) is -0.763. The Morgan fingerprint density at radius 1 is 1.59 bits per heavy atom. The molecule has 17 heavy (non-hydrogen) atoms. The fourth-order valence-electron chi connectivity index (χ4n) is 2.78. The highest BCUT2D eigenvalue weighted by molar-refractivity contribution is 5.97. The van der Waals surface area contributed by atoms with Crippen LogP contribution >= 0.6 is 0 Å². The molecule has 2 saturated heterocycles. The van der Waals surface area contributed by atoms with Crippen LogP contribution in [-0.4, -0.2) is 52.6 Å². The van der Waals surface area contributed by atoms with Gasteiger partial charge in [0.1, 0.15) is 11.6 Å². The molecule has 0 aromatic carbocycles. The molecule has 2 aliphatic rings. The molecule has 96 valence electrons. The minimum Gasteiger partial charge on any atom is -0.391 e. The number of carbonyl (C=O) groups excluding carboxylic acids is 2. The smallest absolute Gasteiger partial charge is 0.245 e. The van der Waals surface area contributed by atoms with Gasteiger partial charge in [-0.25, -0.2) is 0 Å². The standard InChI is InChI=1S/C11H19N3O3/c1-7(15)8(9(12)16)14-6-11(10(14)17)4-2-3-5-13-11/h7-8,13,15H,2-6H2,1H3,(H2,12,16)/t7-,8+,11?/m1/s1. The van der Waals surface area contributed by atoms with Crippen LogP contribution < -0.4 is 11.1 Å². The molecule has 0 aromatic heterocycles. The van der Waals surface area contributed by atoms with Gasteiger partial charge in [-0.15, -0.1) is 0 Å². The largest absolute Gasteiger partial charge is 0.391 e. The molecule has 2 heterocycles. The first-order chi connectivity index (χ1) is 7.98. The maximum Gasteiger partial charge on any atom is 0.245 e. The lowest BCUT2D eigenvalue weighted by molar-refractivity contribution is -0.166. The Bertz CT molecular complexity index is 337. The van der Waals surface area contributed by atoms with Gasteiger partial charge in [-0.1, -0.05) is 0 Å². The number of piperidine rings is 1. The first-order valence-electron chi connectivity index (χ1n) is 6.01. The number of primary amides is 1. The molecule has 1 unspecified atom stereocenters. The molecule has 0 bridgehead atoms. The summed E-state index contributed by atoms with van der Waals surface area (Å²) < 4.78 is 0. The van der Waals surface area contributed by atoms with Gasteiger partial charge in [0.25, 0.3) is 0 Å². The highest BCUT2D eigenvalue weighted by Crippen LogP contribution is 2.33. The Morgan fingerprint density at radius 2 is 2.29 bits per heavy atom. The van der Waals surface area contributed by atoms with Crippen molar-refractivity contribution in [3.8, 4) is 0 Å². The van der Waals surface area contributed by atoms with Crippen LogP contribution in [-0.2, 0) is 9.59 Å². The summed E-state index contributed by atoms with van der Waals surface area (Å²) >= 11 is 0. The van der Waals surface area contributed by atoms with E-state index in [9.17, 15) is 14.7 Å². The first kappa shape index (κ1) is 12.3. The molecule has 1 spiro atoms. The molecule has 0 aliphatic carbocycles. The zero-order valence-corrected chi connectivity index (χ0v) is 9.98. The molecule has 2 aliphatic heterocycles. The number of carbonyl (C=O) groups is 2. The van der Waals surface area contributed by atoms with E-state index in [-0.39, 0.29) is 5.91 Å². The van der Waals surface area contributed by atoms with Crippen molar-refractivity contribution in [3.05, 3.63) is 0 Å². The summed E-state index contributed by atoms with van der Waals surface area (Å²) in [4.78, 5) is 24.8. The van der Waals surface area contributed by atoms with Gasteiger partial charge in [-0.2, -0.15) is 0 Å². The van der Waals surface area contributed by atoms with E-state index in [1.54, 1.807) is 0 Å². The van der Waals surface area contributed by atoms with Gasteiger partial charge in [-0.3, -0.25) is 9.59 Å². The van der Waals surface area contributed by atoms with Gasteiger partial charge in [-0.05, 0) is 32.7 Å². The zero-order valence-electron chi connectivity index (χ0n) is 9.98. The molecule has 4 N–H and O–H groups in total. The van der Waals surface area contributed by atoms with E-state index in [0.29, 0.717) is 6.54 Å². The summed E-state index contributed by atoms with van der Waals surface area (Å²) in [7, 11) is 0. The van der Waals surface area contributed by atoms with Crippen molar-refractivity contribution in [2.75, 3.05) is 13.1 Å². The number of hydrogen-bond donors (Lipinski definition) is 3. The van der Waals surface area contributed by atoms with Crippen LogP contribution in [0.2, 0.25) is 0 Å². The number of amides is 2. The monoisotopic (exact) mass is 241 g/mol. The quantitative estimate of drug-likeness (QED) is 0.528. The molecular formula is C11H19N3O3. The zero-order chi connectivity index (χ0) is 12.6. The Hall–Kier alpha value is -1.14. The van der Waals surface area contributed by atoms with Crippen LogP contribution in [0.15, 0.2) is 0 Å². The minimum atomic E-state index is -0.933. The summed E-state index contributed by atoms with van der Waals surface area (Å²) in [6.07, 6.45) is 1.96. The molecule has 6 heteroatoms. The normalized spacial score (nSPS) is 32.1. The Morgan fingerprint density at radius 3 is 2.71 bits per heavy atom. The van der Waals surface area contributed by atoms with Crippen LogP contribution in [0.4, 0.5) is 0 Å². The molecule has 0 radical (unpaired) electrons. The number of nitrogens with one attached hydrogen (secondary N) is 1. The van der Waals surface area contributed by atoms with Crippen molar-refractivity contribution >= 4 is 11.8 Å². The molecule has 2 fully saturated rings. The van der Waals surface area contributed by atoms with Crippen LogP contribution in [0.3, 0.4) is 0 Å². The number of rotatable bonds is 3. The molecule has 2 amide bonds. The van der Waals surface area contributed by atoms with Crippen molar-refractivity contribution in [3.63, 3.8) is 0 Å². The second-order valence-corrected chi connectivity index (χ2v) is 4.99. The molecule has 2 rings (SSSR count). The van der Waals surface area contributed by atoms with Crippen LogP contribution in [0, 0.1) is 0 Å². The molecule has 0 aromatic rings. The van der Waals surface area contributed by atoms with Gasteiger partial charge in [0.15, 0.2) is 0 Å². The lowest BCUT2D eigenvalue weighted by atomic mass is 9.79. The lowest BCUT2D eigenvalue weighted by Gasteiger charge is -2.53. The minimum absolute atomic E-state index is 0.109. The summed E-state index contributed by atoms with van der Waals surface area (Å²) in [5.41, 5.74) is 4.72. The van der Waals surface area contributed by atoms with Gasteiger partial charge < -0.3 is 21.1 Å². The van der Waals surface area contributed by atoms with Crippen molar-refractivity contribution in [1.29, 1.82) is 0 Å².